The highest BCUT2D eigenvalue weighted by Gasteiger charge is 2.37. The first-order valence-electron chi connectivity index (χ1n) is 5.53. The molecular weight excluding hydrogens is 204 g/mol. The average molecular weight is 220 g/mol. The summed E-state index contributed by atoms with van der Waals surface area (Å²) < 4.78 is 4.91. The largest absolute Gasteiger partial charge is 0.461 e. The molecule has 0 heterocycles. The van der Waals surface area contributed by atoms with Gasteiger partial charge in [0.2, 0.25) is 0 Å². The molecule has 0 aliphatic heterocycles. The van der Waals surface area contributed by atoms with Gasteiger partial charge in [-0.25, -0.2) is 0 Å². The van der Waals surface area contributed by atoms with Gasteiger partial charge >= 0.3 is 5.97 Å². The highest BCUT2D eigenvalue weighted by atomic mass is 16.5. The van der Waals surface area contributed by atoms with E-state index in [4.69, 9.17) is 9.84 Å². The number of rotatable bonds is 4. The number of esters is 1. The molecule has 1 saturated carbocycles. The van der Waals surface area contributed by atoms with E-state index in [1.54, 1.807) is 0 Å². The molecule has 1 aromatic rings. The van der Waals surface area contributed by atoms with Gasteiger partial charge in [-0.2, -0.15) is 0 Å². The van der Waals surface area contributed by atoms with E-state index in [1.807, 2.05) is 12.1 Å². The van der Waals surface area contributed by atoms with E-state index in [0.717, 1.165) is 12.0 Å². The summed E-state index contributed by atoms with van der Waals surface area (Å²) >= 11 is 0. The molecule has 1 N–H and O–H groups in total. The Labute approximate surface area is 95.0 Å². The van der Waals surface area contributed by atoms with Crippen molar-refractivity contribution in [3.63, 3.8) is 0 Å². The molecule has 3 heteroatoms. The van der Waals surface area contributed by atoms with Crippen LogP contribution in [0.3, 0.4) is 0 Å². The molecule has 2 rings (SSSR count). The fourth-order valence-electron chi connectivity index (χ4n) is 1.90. The molecule has 3 nitrogen and oxygen atoms in total. The van der Waals surface area contributed by atoms with Gasteiger partial charge in [-0.3, -0.25) is 4.79 Å². The van der Waals surface area contributed by atoms with E-state index in [2.05, 4.69) is 12.1 Å². The zero-order chi connectivity index (χ0) is 11.5. The van der Waals surface area contributed by atoms with E-state index in [0.29, 0.717) is 18.4 Å². The predicted molar refractivity (Wildman–Crippen MR) is 59.8 cm³/mol. The lowest BCUT2D eigenvalue weighted by atomic mass is 10.1. The fourth-order valence-corrected chi connectivity index (χ4v) is 1.90. The summed E-state index contributed by atoms with van der Waals surface area (Å²) in [6, 6.07) is 8.06. The van der Waals surface area contributed by atoms with Crippen LogP contribution in [-0.4, -0.2) is 17.7 Å². The standard InChI is InChI=1S/C13H16O3/c1-9(15)16-8-10-2-4-11(5-3-10)13-6-12(13)7-14/h2-5,12-14H,6-8H2,1H3/t12-,13+/m0/s1. The lowest BCUT2D eigenvalue weighted by Crippen LogP contribution is -1.98. The number of carbonyl (C=O) groups is 1. The number of aliphatic hydroxyl groups is 1. The van der Waals surface area contributed by atoms with Crippen LogP contribution in [0.5, 0.6) is 0 Å². The second kappa shape index (κ2) is 4.66. The lowest BCUT2D eigenvalue weighted by Gasteiger charge is -2.04. The highest BCUT2D eigenvalue weighted by Crippen LogP contribution is 2.46. The summed E-state index contributed by atoms with van der Waals surface area (Å²) in [5.74, 6) is 0.707. The Morgan fingerprint density at radius 3 is 2.62 bits per heavy atom. The van der Waals surface area contributed by atoms with Crippen LogP contribution < -0.4 is 0 Å². The summed E-state index contributed by atoms with van der Waals surface area (Å²) in [6.07, 6.45) is 1.08. The van der Waals surface area contributed by atoms with Crippen LogP contribution in [0.25, 0.3) is 0 Å². The van der Waals surface area contributed by atoms with Gasteiger partial charge in [0.05, 0.1) is 0 Å². The summed E-state index contributed by atoms with van der Waals surface area (Å²) in [7, 11) is 0. The maximum Gasteiger partial charge on any atom is 0.302 e. The summed E-state index contributed by atoms with van der Waals surface area (Å²) in [5, 5.41) is 8.98. The van der Waals surface area contributed by atoms with Gasteiger partial charge in [0.1, 0.15) is 6.61 Å². The maximum atomic E-state index is 10.6. The van der Waals surface area contributed by atoms with Crippen LogP contribution in [0, 0.1) is 5.92 Å². The molecule has 0 spiro atoms. The van der Waals surface area contributed by atoms with E-state index in [9.17, 15) is 4.79 Å². The monoisotopic (exact) mass is 220 g/mol. The zero-order valence-corrected chi connectivity index (χ0v) is 9.35. The summed E-state index contributed by atoms with van der Waals surface area (Å²) in [4.78, 5) is 10.6. The van der Waals surface area contributed by atoms with E-state index < -0.39 is 0 Å². The van der Waals surface area contributed by atoms with E-state index in [1.165, 1.54) is 12.5 Å². The van der Waals surface area contributed by atoms with Gasteiger partial charge in [-0.15, -0.1) is 0 Å². The van der Waals surface area contributed by atoms with Crippen molar-refractivity contribution in [1.29, 1.82) is 0 Å². The molecule has 1 fully saturated rings. The SMILES string of the molecule is CC(=O)OCc1ccc([C@H]2C[C@H]2CO)cc1. The van der Waals surface area contributed by atoms with Crippen molar-refractivity contribution in [2.75, 3.05) is 6.61 Å². The lowest BCUT2D eigenvalue weighted by molar-refractivity contribution is -0.142. The number of benzene rings is 1. The Morgan fingerprint density at radius 1 is 1.44 bits per heavy atom. The Bertz CT molecular complexity index is 369. The molecular formula is C13H16O3. The van der Waals surface area contributed by atoms with Crippen molar-refractivity contribution < 1.29 is 14.6 Å². The van der Waals surface area contributed by atoms with Crippen LogP contribution in [-0.2, 0) is 16.1 Å². The Kier molecular flexibility index (Phi) is 3.25. The quantitative estimate of drug-likeness (QED) is 0.788. The Hall–Kier alpha value is -1.35. The maximum absolute atomic E-state index is 10.6. The van der Waals surface area contributed by atoms with Crippen molar-refractivity contribution in [1.82, 2.24) is 0 Å². The van der Waals surface area contributed by atoms with Crippen molar-refractivity contribution >= 4 is 5.97 Å². The summed E-state index contributed by atoms with van der Waals surface area (Å²) in [5.41, 5.74) is 2.27. The number of hydrogen-bond acceptors (Lipinski definition) is 3. The third-order valence-corrected chi connectivity index (χ3v) is 3.01. The Morgan fingerprint density at radius 2 is 2.12 bits per heavy atom. The fraction of sp³-hybridized carbons (Fsp3) is 0.462. The normalized spacial score (nSPS) is 22.9. The van der Waals surface area contributed by atoms with Crippen LogP contribution in [0.4, 0.5) is 0 Å². The second-order valence-corrected chi connectivity index (χ2v) is 4.31. The van der Waals surface area contributed by atoms with Gasteiger partial charge in [0.15, 0.2) is 0 Å². The molecule has 0 bridgehead atoms. The minimum absolute atomic E-state index is 0.258. The number of hydrogen-bond donors (Lipinski definition) is 1. The van der Waals surface area contributed by atoms with E-state index in [-0.39, 0.29) is 12.6 Å². The highest BCUT2D eigenvalue weighted by molar-refractivity contribution is 5.65. The second-order valence-electron chi connectivity index (χ2n) is 4.31. The van der Waals surface area contributed by atoms with Crippen LogP contribution in [0.15, 0.2) is 24.3 Å². The topological polar surface area (TPSA) is 46.5 Å². The Balaban J connectivity index is 1.92. The van der Waals surface area contributed by atoms with Gasteiger partial charge in [0, 0.05) is 13.5 Å². The van der Waals surface area contributed by atoms with Gasteiger partial charge in [-0.05, 0) is 29.4 Å². The molecule has 0 aromatic heterocycles. The first-order valence-corrected chi connectivity index (χ1v) is 5.53. The minimum atomic E-state index is -0.258. The molecule has 1 aliphatic rings. The zero-order valence-electron chi connectivity index (χ0n) is 9.35. The molecule has 1 aromatic carbocycles. The van der Waals surface area contributed by atoms with Crippen molar-refractivity contribution in [2.45, 2.75) is 25.9 Å². The molecule has 0 amide bonds. The van der Waals surface area contributed by atoms with Crippen molar-refractivity contribution in [3.8, 4) is 0 Å². The summed E-state index contributed by atoms with van der Waals surface area (Å²) in [6.45, 7) is 2.02. The third-order valence-electron chi connectivity index (χ3n) is 3.01. The van der Waals surface area contributed by atoms with Crippen LogP contribution in [0.1, 0.15) is 30.4 Å². The van der Waals surface area contributed by atoms with Gasteiger partial charge in [-0.1, -0.05) is 24.3 Å². The van der Waals surface area contributed by atoms with Gasteiger partial charge in [0.25, 0.3) is 0 Å². The van der Waals surface area contributed by atoms with Crippen LogP contribution in [0.2, 0.25) is 0 Å². The van der Waals surface area contributed by atoms with E-state index >= 15 is 0 Å². The molecule has 16 heavy (non-hydrogen) atoms. The first kappa shape index (κ1) is 11.1. The molecule has 86 valence electrons. The minimum Gasteiger partial charge on any atom is -0.461 e. The molecule has 1 aliphatic carbocycles. The van der Waals surface area contributed by atoms with Crippen LogP contribution >= 0.6 is 0 Å². The molecule has 2 atom stereocenters. The predicted octanol–water partition coefficient (Wildman–Crippen LogP) is 1.85. The molecule has 0 radical (unpaired) electrons. The number of ether oxygens (including phenoxy) is 1. The molecule has 0 unspecified atom stereocenters. The smallest absolute Gasteiger partial charge is 0.302 e. The number of carbonyl (C=O) groups excluding carboxylic acids is 1. The average Bonchev–Trinajstić information content (AvgIpc) is 3.06. The third kappa shape index (κ3) is 2.61. The van der Waals surface area contributed by atoms with Crippen molar-refractivity contribution in [2.24, 2.45) is 5.92 Å². The number of aliphatic hydroxyl groups excluding tert-OH is 1. The first-order chi connectivity index (χ1) is 7.70. The van der Waals surface area contributed by atoms with Gasteiger partial charge < -0.3 is 9.84 Å². The van der Waals surface area contributed by atoms with Crippen molar-refractivity contribution in [3.05, 3.63) is 35.4 Å². The molecule has 0 saturated heterocycles.